The fraction of sp³-hybridized carbons (Fsp3) is 0.625. The average molecular weight is 468 g/mol. The minimum atomic E-state index is -1.76. The zero-order chi connectivity index (χ0) is 23.5. The SMILES string of the molecule is C=C1OC[C@H](NC(=O)COC)/C1=C\C[C@@H]1C(=C)CC[C@@H]2C(=C)[C@H](OS(=O)OC)CC[C@@]12C.[HH]. The standard InChI is InChI=1S/C24H35NO6S.H2/c1-15-7-9-20-16(2)22(31-32(27)29-6)11-12-24(20,4)19(15)10-8-18-17(3)30-13-21(18)25-23(26)14-28-5;/h8,19-22H,1-3,7,9-14H2,4-6H3,(H,25,26);1H/b18-8-;/t19-,20-,21+,22-,24+,32?;/m1./s1. The first-order valence-electron chi connectivity index (χ1n) is 11.0. The highest BCUT2D eigenvalue weighted by Gasteiger charge is 2.50. The first kappa shape index (κ1) is 24.9. The highest BCUT2D eigenvalue weighted by Crippen LogP contribution is 2.58. The molecule has 0 aromatic rings. The highest BCUT2D eigenvalue weighted by molar-refractivity contribution is 7.75. The molecule has 3 rings (SSSR count). The Balaban J connectivity index is 0.00000385. The van der Waals surface area contributed by atoms with Crippen LogP contribution in [0.2, 0.25) is 0 Å². The molecule has 6 atom stereocenters. The van der Waals surface area contributed by atoms with E-state index in [1.54, 1.807) is 0 Å². The maximum absolute atomic E-state index is 12.0. The minimum absolute atomic E-state index is 0. The lowest BCUT2D eigenvalue weighted by atomic mass is 9.52. The van der Waals surface area contributed by atoms with E-state index in [-0.39, 0.29) is 43.3 Å². The Morgan fingerprint density at radius 3 is 2.78 bits per heavy atom. The molecule has 1 aliphatic heterocycles. The van der Waals surface area contributed by atoms with E-state index in [4.69, 9.17) is 17.8 Å². The van der Waals surface area contributed by atoms with Crippen LogP contribution in [0.1, 0.15) is 40.5 Å². The average Bonchev–Trinajstić information content (AvgIpc) is 3.09. The van der Waals surface area contributed by atoms with Crippen LogP contribution in [0.4, 0.5) is 0 Å². The third-order valence-electron chi connectivity index (χ3n) is 7.28. The van der Waals surface area contributed by atoms with Crippen LogP contribution in [0.15, 0.2) is 48.3 Å². The van der Waals surface area contributed by atoms with Crippen LogP contribution in [0, 0.1) is 17.3 Å². The molecule has 32 heavy (non-hydrogen) atoms. The second kappa shape index (κ2) is 10.5. The molecule has 1 saturated heterocycles. The van der Waals surface area contributed by atoms with Crippen molar-refractivity contribution >= 4 is 17.3 Å². The number of carbonyl (C=O) groups excluding carboxylic acids is 1. The largest absolute Gasteiger partial charge is 0.491 e. The number of methoxy groups -OCH3 is 1. The lowest BCUT2D eigenvalue weighted by Crippen LogP contribution is -2.47. The number of hydrogen-bond donors (Lipinski definition) is 1. The first-order chi connectivity index (χ1) is 15.2. The number of allylic oxidation sites excluding steroid dienone is 2. The number of amides is 1. The summed E-state index contributed by atoms with van der Waals surface area (Å²) in [6.07, 6.45) is 6.20. The molecule has 1 unspecified atom stereocenters. The molecule has 3 fully saturated rings. The van der Waals surface area contributed by atoms with E-state index in [1.165, 1.54) is 19.8 Å². The summed E-state index contributed by atoms with van der Waals surface area (Å²) in [6.45, 7) is 15.4. The monoisotopic (exact) mass is 467 g/mol. The number of ether oxygens (including phenoxy) is 2. The number of fused-ring (bicyclic) bond motifs is 1. The summed E-state index contributed by atoms with van der Waals surface area (Å²) in [4.78, 5) is 12.0. The van der Waals surface area contributed by atoms with Gasteiger partial charge in [-0.2, -0.15) is 4.21 Å². The van der Waals surface area contributed by atoms with Crippen molar-refractivity contribution in [3.05, 3.63) is 48.3 Å². The van der Waals surface area contributed by atoms with Crippen LogP contribution in [0.5, 0.6) is 0 Å². The van der Waals surface area contributed by atoms with Gasteiger partial charge < -0.3 is 14.8 Å². The van der Waals surface area contributed by atoms with Gasteiger partial charge in [-0.1, -0.05) is 38.3 Å². The van der Waals surface area contributed by atoms with E-state index in [2.05, 4.69) is 38.1 Å². The van der Waals surface area contributed by atoms with Gasteiger partial charge in [0.15, 0.2) is 0 Å². The summed E-state index contributed by atoms with van der Waals surface area (Å²) in [6, 6.07) is -0.228. The predicted octanol–water partition coefficient (Wildman–Crippen LogP) is 3.77. The Morgan fingerprint density at radius 1 is 1.34 bits per heavy atom. The number of rotatable bonds is 8. The van der Waals surface area contributed by atoms with Gasteiger partial charge in [-0.25, -0.2) is 0 Å². The molecule has 1 amide bonds. The Morgan fingerprint density at radius 2 is 2.09 bits per heavy atom. The summed E-state index contributed by atoms with van der Waals surface area (Å²) in [7, 11) is 2.86. The van der Waals surface area contributed by atoms with Crippen molar-refractivity contribution in [3.63, 3.8) is 0 Å². The Kier molecular flexibility index (Phi) is 8.14. The molecule has 0 aromatic carbocycles. The molecule has 7 nitrogen and oxygen atoms in total. The third kappa shape index (κ3) is 5.09. The van der Waals surface area contributed by atoms with E-state index in [0.717, 1.165) is 43.3 Å². The molecule has 2 aliphatic carbocycles. The Bertz CT molecular complexity index is 843. The molecule has 8 heteroatoms. The van der Waals surface area contributed by atoms with Gasteiger partial charge in [0, 0.05) is 14.1 Å². The molecule has 0 bridgehead atoms. The van der Waals surface area contributed by atoms with Crippen molar-refractivity contribution in [1.29, 1.82) is 0 Å². The van der Waals surface area contributed by atoms with Crippen LogP contribution < -0.4 is 5.32 Å². The normalized spacial score (nSPS) is 34.8. The predicted molar refractivity (Wildman–Crippen MR) is 126 cm³/mol. The van der Waals surface area contributed by atoms with Gasteiger partial charge in [-0.15, -0.1) is 0 Å². The van der Waals surface area contributed by atoms with Gasteiger partial charge in [0.05, 0.1) is 19.3 Å². The first-order valence-corrected chi connectivity index (χ1v) is 12.0. The van der Waals surface area contributed by atoms with E-state index in [0.29, 0.717) is 12.4 Å². The van der Waals surface area contributed by atoms with E-state index in [9.17, 15) is 9.00 Å². The fourth-order valence-corrected chi connectivity index (χ4v) is 6.06. The molecule has 0 radical (unpaired) electrons. The lowest BCUT2D eigenvalue weighted by molar-refractivity contribution is -0.125. The van der Waals surface area contributed by atoms with Gasteiger partial charge in [-0.05, 0) is 54.9 Å². The molecule has 1 heterocycles. The molecule has 3 aliphatic rings. The molecule has 2 saturated carbocycles. The van der Waals surface area contributed by atoms with Crippen molar-refractivity contribution in [2.75, 3.05) is 27.4 Å². The lowest BCUT2D eigenvalue weighted by Gasteiger charge is -2.53. The van der Waals surface area contributed by atoms with Gasteiger partial charge in [0.1, 0.15) is 19.0 Å². The van der Waals surface area contributed by atoms with Crippen LogP contribution in [-0.4, -0.2) is 49.7 Å². The molecule has 180 valence electrons. The quantitative estimate of drug-likeness (QED) is 0.547. The van der Waals surface area contributed by atoms with Crippen LogP contribution in [0.3, 0.4) is 0 Å². The number of carbonyl (C=O) groups is 1. The van der Waals surface area contributed by atoms with Crippen molar-refractivity contribution in [3.8, 4) is 0 Å². The Labute approximate surface area is 195 Å². The molecule has 1 N–H and O–H groups in total. The van der Waals surface area contributed by atoms with Crippen LogP contribution in [0.25, 0.3) is 0 Å². The molecular formula is C24H37NO6S. The van der Waals surface area contributed by atoms with Crippen molar-refractivity contribution < 1.29 is 28.3 Å². The van der Waals surface area contributed by atoms with E-state index < -0.39 is 11.4 Å². The molecule has 0 aromatic heterocycles. The summed E-state index contributed by atoms with van der Waals surface area (Å²) in [5, 5.41) is 2.95. The van der Waals surface area contributed by atoms with Crippen molar-refractivity contribution in [2.45, 2.75) is 51.2 Å². The van der Waals surface area contributed by atoms with Gasteiger partial charge in [0.25, 0.3) is 0 Å². The van der Waals surface area contributed by atoms with Crippen LogP contribution >= 0.6 is 0 Å². The maximum atomic E-state index is 12.0. The van der Waals surface area contributed by atoms with Gasteiger partial charge >= 0.3 is 11.4 Å². The second-order valence-electron chi connectivity index (χ2n) is 9.06. The zero-order valence-electron chi connectivity index (χ0n) is 19.3. The second-order valence-corrected chi connectivity index (χ2v) is 9.99. The van der Waals surface area contributed by atoms with Crippen LogP contribution in [-0.2, 0) is 34.0 Å². The van der Waals surface area contributed by atoms with E-state index in [1.807, 2.05) is 0 Å². The minimum Gasteiger partial charge on any atom is -0.491 e. The number of nitrogens with one attached hydrogen (secondary N) is 1. The smallest absolute Gasteiger partial charge is 0.304 e. The summed E-state index contributed by atoms with van der Waals surface area (Å²) in [5.74, 6) is 0.922. The van der Waals surface area contributed by atoms with Crippen molar-refractivity contribution in [1.82, 2.24) is 5.32 Å². The summed E-state index contributed by atoms with van der Waals surface area (Å²) < 4.78 is 32.7. The van der Waals surface area contributed by atoms with Gasteiger partial charge in [0.2, 0.25) is 5.91 Å². The summed E-state index contributed by atoms with van der Waals surface area (Å²) >= 11 is -1.76. The third-order valence-corrected chi connectivity index (χ3v) is 7.94. The van der Waals surface area contributed by atoms with Crippen molar-refractivity contribution in [2.24, 2.45) is 17.3 Å². The molecule has 0 spiro atoms. The topological polar surface area (TPSA) is 83.1 Å². The zero-order valence-corrected chi connectivity index (χ0v) is 20.1. The fourth-order valence-electron chi connectivity index (χ4n) is 5.57. The Hall–Kier alpha value is -1.74. The highest BCUT2D eigenvalue weighted by atomic mass is 32.2. The maximum Gasteiger partial charge on any atom is 0.304 e. The summed E-state index contributed by atoms with van der Waals surface area (Å²) in [5.41, 5.74) is 3.12. The van der Waals surface area contributed by atoms with Gasteiger partial charge in [-0.3, -0.25) is 13.2 Å². The number of hydrogen-bond acceptors (Lipinski definition) is 6. The van der Waals surface area contributed by atoms with E-state index >= 15 is 0 Å². The molecular weight excluding hydrogens is 430 g/mol.